The molecule has 1 heterocycles. The average molecular weight is 514 g/mol. The van der Waals surface area contributed by atoms with Gasteiger partial charge in [-0.15, -0.1) is 0 Å². The molecular formula is C20H22Br2N2O4. The van der Waals surface area contributed by atoms with E-state index in [2.05, 4.69) is 90.2 Å². The normalized spacial score (nSPS) is 14.8. The summed E-state index contributed by atoms with van der Waals surface area (Å²) in [4.78, 5) is 23.3. The molecular weight excluding hydrogens is 492 g/mol. The first kappa shape index (κ1) is 22.5. The van der Waals surface area contributed by atoms with E-state index in [-0.39, 0.29) is 0 Å². The molecule has 1 aliphatic heterocycles. The summed E-state index contributed by atoms with van der Waals surface area (Å²) in [7, 11) is 0. The van der Waals surface area contributed by atoms with Gasteiger partial charge in [0, 0.05) is 48.2 Å². The quantitative estimate of drug-likeness (QED) is 0.607. The van der Waals surface area contributed by atoms with Crippen LogP contribution in [0.4, 0.5) is 0 Å². The minimum absolute atomic E-state index is 1.05. The first-order chi connectivity index (χ1) is 13.3. The molecule has 150 valence electrons. The lowest BCUT2D eigenvalue weighted by molar-refractivity contribution is -0.159. The van der Waals surface area contributed by atoms with Crippen molar-refractivity contribution in [1.82, 2.24) is 9.80 Å². The molecule has 0 atom stereocenters. The van der Waals surface area contributed by atoms with Crippen LogP contribution in [0, 0.1) is 0 Å². The summed E-state index contributed by atoms with van der Waals surface area (Å²) in [5.74, 6) is -3.65. The Labute approximate surface area is 181 Å². The molecule has 0 amide bonds. The molecule has 0 radical (unpaired) electrons. The van der Waals surface area contributed by atoms with Crippen molar-refractivity contribution in [2.45, 2.75) is 13.1 Å². The number of aliphatic carboxylic acids is 2. The van der Waals surface area contributed by atoms with Crippen molar-refractivity contribution in [1.29, 1.82) is 0 Å². The zero-order valence-electron chi connectivity index (χ0n) is 15.2. The molecule has 2 aromatic rings. The fourth-order valence-corrected chi connectivity index (χ4v) is 3.56. The smallest absolute Gasteiger partial charge is 0.414 e. The van der Waals surface area contributed by atoms with Crippen LogP contribution in [0.2, 0.25) is 0 Å². The van der Waals surface area contributed by atoms with Gasteiger partial charge in [0.15, 0.2) is 0 Å². The zero-order valence-corrected chi connectivity index (χ0v) is 18.4. The van der Waals surface area contributed by atoms with Gasteiger partial charge in [-0.1, -0.05) is 56.1 Å². The van der Waals surface area contributed by atoms with Crippen molar-refractivity contribution in [3.8, 4) is 0 Å². The van der Waals surface area contributed by atoms with Crippen LogP contribution in [0.1, 0.15) is 11.1 Å². The first-order valence-corrected chi connectivity index (χ1v) is 10.3. The van der Waals surface area contributed by atoms with Gasteiger partial charge >= 0.3 is 11.9 Å². The average Bonchev–Trinajstić information content (AvgIpc) is 2.66. The minimum atomic E-state index is -1.82. The lowest BCUT2D eigenvalue weighted by atomic mass is 10.1. The summed E-state index contributed by atoms with van der Waals surface area (Å²) in [5.41, 5.74) is 2.78. The first-order valence-electron chi connectivity index (χ1n) is 8.73. The van der Waals surface area contributed by atoms with Crippen LogP contribution in [0.3, 0.4) is 0 Å². The van der Waals surface area contributed by atoms with Crippen molar-refractivity contribution in [2.24, 2.45) is 0 Å². The minimum Gasteiger partial charge on any atom is -0.473 e. The van der Waals surface area contributed by atoms with Gasteiger partial charge in [0.05, 0.1) is 0 Å². The lowest BCUT2D eigenvalue weighted by Gasteiger charge is -2.34. The van der Waals surface area contributed by atoms with Crippen LogP contribution < -0.4 is 0 Å². The maximum atomic E-state index is 9.10. The summed E-state index contributed by atoms with van der Waals surface area (Å²) in [6.45, 7) is 6.67. The maximum absolute atomic E-state index is 9.10. The highest BCUT2D eigenvalue weighted by Crippen LogP contribution is 2.16. The molecule has 1 saturated heterocycles. The number of rotatable bonds is 4. The third kappa shape index (κ3) is 8.10. The van der Waals surface area contributed by atoms with Crippen molar-refractivity contribution < 1.29 is 19.8 Å². The van der Waals surface area contributed by atoms with Gasteiger partial charge in [-0.2, -0.15) is 0 Å². The van der Waals surface area contributed by atoms with Gasteiger partial charge in [-0.25, -0.2) is 9.59 Å². The van der Waals surface area contributed by atoms with Crippen molar-refractivity contribution >= 4 is 43.8 Å². The molecule has 28 heavy (non-hydrogen) atoms. The molecule has 3 rings (SSSR count). The maximum Gasteiger partial charge on any atom is 0.414 e. The summed E-state index contributed by atoms with van der Waals surface area (Å²) < 4.78 is 2.31. The monoisotopic (exact) mass is 512 g/mol. The molecule has 1 fully saturated rings. The van der Waals surface area contributed by atoms with E-state index in [0.29, 0.717) is 0 Å². The molecule has 0 aromatic heterocycles. The SMILES string of the molecule is Brc1ccc(CN2CCN(Cc3cccc(Br)c3)CC2)cc1.O=C(O)C(=O)O. The predicted octanol–water partition coefficient (Wildman–Crippen LogP) is 3.69. The molecule has 0 aliphatic carbocycles. The van der Waals surface area contributed by atoms with E-state index in [1.54, 1.807) is 0 Å². The molecule has 0 spiro atoms. The standard InChI is InChI=1S/C18H20Br2N2.C2H2O4/c19-17-6-4-15(5-7-17)13-21-8-10-22(11-9-21)14-16-2-1-3-18(20)12-16;3-1(4)2(5)6/h1-7,12H,8-11,13-14H2;(H,3,4)(H,5,6). The van der Waals surface area contributed by atoms with Crippen molar-refractivity contribution in [2.75, 3.05) is 26.2 Å². The molecule has 0 bridgehead atoms. The van der Waals surface area contributed by atoms with Crippen LogP contribution in [0.25, 0.3) is 0 Å². The highest BCUT2D eigenvalue weighted by molar-refractivity contribution is 9.10. The predicted molar refractivity (Wildman–Crippen MR) is 114 cm³/mol. The Morgan fingerprint density at radius 1 is 0.750 bits per heavy atom. The molecule has 2 N–H and O–H groups in total. The fraction of sp³-hybridized carbons (Fsp3) is 0.300. The van der Waals surface area contributed by atoms with Crippen LogP contribution in [-0.4, -0.2) is 58.1 Å². The number of hydrogen-bond acceptors (Lipinski definition) is 4. The van der Waals surface area contributed by atoms with E-state index in [0.717, 1.165) is 43.7 Å². The topological polar surface area (TPSA) is 81.1 Å². The largest absolute Gasteiger partial charge is 0.473 e. The second kappa shape index (κ2) is 11.3. The van der Waals surface area contributed by atoms with Gasteiger partial charge in [0.25, 0.3) is 0 Å². The number of nitrogens with zero attached hydrogens (tertiary/aromatic N) is 2. The van der Waals surface area contributed by atoms with E-state index < -0.39 is 11.9 Å². The van der Waals surface area contributed by atoms with Gasteiger partial charge < -0.3 is 10.2 Å². The zero-order chi connectivity index (χ0) is 20.5. The van der Waals surface area contributed by atoms with E-state index in [9.17, 15) is 0 Å². The third-order valence-corrected chi connectivity index (χ3v) is 5.28. The Morgan fingerprint density at radius 2 is 1.25 bits per heavy atom. The number of piperazine rings is 1. The van der Waals surface area contributed by atoms with Crippen LogP contribution in [0.5, 0.6) is 0 Å². The van der Waals surface area contributed by atoms with Crippen molar-refractivity contribution in [3.05, 3.63) is 68.6 Å². The lowest BCUT2D eigenvalue weighted by Crippen LogP contribution is -2.45. The summed E-state index contributed by atoms with van der Waals surface area (Å²) >= 11 is 7.04. The molecule has 1 aliphatic rings. The Kier molecular flexibility index (Phi) is 9.11. The second-order valence-corrected chi connectivity index (χ2v) is 8.25. The molecule has 8 heteroatoms. The van der Waals surface area contributed by atoms with E-state index >= 15 is 0 Å². The highest BCUT2D eigenvalue weighted by atomic mass is 79.9. The van der Waals surface area contributed by atoms with Gasteiger partial charge in [-0.3, -0.25) is 9.80 Å². The van der Waals surface area contributed by atoms with E-state index in [1.165, 1.54) is 15.6 Å². The van der Waals surface area contributed by atoms with Gasteiger partial charge in [-0.05, 0) is 35.4 Å². The number of halogens is 2. The second-order valence-electron chi connectivity index (χ2n) is 6.42. The van der Waals surface area contributed by atoms with E-state index in [1.807, 2.05) is 0 Å². The third-order valence-electron chi connectivity index (χ3n) is 4.26. The number of carboxylic acid groups (broad SMARTS) is 2. The number of carbonyl (C=O) groups is 2. The van der Waals surface area contributed by atoms with E-state index in [4.69, 9.17) is 19.8 Å². The Hall–Kier alpha value is -1.74. The molecule has 2 aromatic carbocycles. The van der Waals surface area contributed by atoms with Crippen molar-refractivity contribution in [3.63, 3.8) is 0 Å². The number of hydrogen-bond donors (Lipinski definition) is 2. The summed E-state index contributed by atoms with van der Waals surface area (Å²) in [6.07, 6.45) is 0. The van der Waals surface area contributed by atoms with Crippen LogP contribution >= 0.6 is 31.9 Å². The van der Waals surface area contributed by atoms with Gasteiger partial charge in [0.1, 0.15) is 0 Å². The number of benzene rings is 2. The number of carboxylic acids is 2. The summed E-state index contributed by atoms with van der Waals surface area (Å²) in [6, 6.07) is 17.3. The fourth-order valence-electron chi connectivity index (χ4n) is 2.85. The molecule has 6 nitrogen and oxygen atoms in total. The Balaban J connectivity index is 0.000000409. The Morgan fingerprint density at radius 3 is 1.71 bits per heavy atom. The van der Waals surface area contributed by atoms with Crippen LogP contribution in [-0.2, 0) is 22.7 Å². The highest BCUT2D eigenvalue weighted by Gasteiger charge is 2.17. The van der Waals surface area contributed by atoms with Crippen LogP contribution in [0.15, 0.2) is 57.5 Å². The molecule has 0 saturated carbocycles. The summed E-state index contributed by atoms with van der Waals surface area (Å²) in [5, 5.41) is 14.8. The van der Waals surface area contributed by atoms with Gasteiger partial charge in [0.2, 0.25) is 0 Å². The molecule has 0 unspecified atom stereocenters. The Bertz CT molecular complexity index is 779.